The largest absolute Gasteiger partial charge is 0.490 e. The second-order valence-corrected chi connectivity index (χ2v) is 4.97. The lowest BCUT2D eigenvalue weighted by atomic mass is 10.2. The van der Waals surface area contributed by atoms with Crippen molar-refractivity contribution in [1.29, 1.82) is 0 Å². The third kappa shape index (κ3) is 5.30. The van der Waals surface area contributed by atoms with Gasteiger partial charge in [-0.2, -0.15) is 0 Å². The van der Waals surface area contributed by atoms with Gasteiger partial charge in [-0.3, -0.25) is 4.79 Å². The van der Waals surface area contributed by atoms with Gasteiger partial charge in [0.15, 0.2) is 0 Å². The Bertz CT molecular complexity index is 625. The summed E-state index contributed by atoms with van der Waals surface area (Å²) in [6.45, 7) is 3.03. The zero-order chi connectivity index (χ0) is 16.5. The van der Waals surface area contributed by atoms with Gasteiger partial charge in [0.25, 0.3) is 5.91 Å². The van der Waals surface area contributed by atoms with Gasteiger partial charge < -0.3 is 19.9 Å². The van der Waals surface area contributed by atoms with Gasteiger partial charge in [-0.25, -0.2) is 0 Å². The fourth-order valence-electron chi connectivity index (χ4n) is 2.00. The van der Waals surface area contributed by atoms with Crippen LogP contribution in [0.3, 0.4) is 0 Å². The molecule has 0 unspecified atom stereocenters. The number of aliphatic hydroxyl groups excluding tert-OH is 1. The lowest BCUT2D eigenvalue weighted by Gasteiger charge is -2.10. The number of aryl methyl sites for hydroxylation is 1. The van der Waals surface area contributed by atoms with E-state index >= 15 is 0 Å². The molecule has 0 fully saturated rings. The fraction of sp³-hybridized carbons (Fsp3) is 0.278. The maximum atomic E-state index is 11.7. The van der Waals surface area contributed by atoms with Crippen LogP contribution in [-0.4, -0.2) is 37.4 Å². The molecule has 0 aliphatic heterocycles. The molecule has 2 rings (SSSR count). The van der Waals surface area contributed by atoms with Gasteiger partial charge in [-0.05, 0) is 42.8 Å². The van der Waals surface area contributed by atoms with Crippen LogP contribution in [0.4, 0.5) is 0 Å². The van der Waals surface area contributed by atoms with Gasteiger partial charge in [0, 0.05) is 12.1 Å². The second-order valence-electron chi connectivity index (χ2n) is 4.97. The van der Waals surface area contributed by atoms with Crippen LogP contribution in [0, 0.1) is 6.92 Å². The molecular weight excluding hydrogens is 294 g/mol. The number of hydrogen-bond acceptors (Lipinski definition) is 4. The highest BCUT2D eigenvalue weighted by Gasteiger charge is 2.04. The second kappa shape index (κ2) is 8.80. The third-order valence-corrected chi connectivity index (χ3v) is 3.22. The maximum Gasteiger partial charge on any atom is 0.251 e. The molecule has 0 aromatic heterocycles. The minimum atomic E-state index is -0.214. The average molecular weight is 315 g/mol. The summed E-state index contributed by atoms with van der Waals surface area (Å²) in [5, 5.41) is 11.3. The van der Waals surface area contributed by atoms with Crippen molar-refractivity contribution >= 4 is 5.91 Å². The number of para-hydroxylation sites is 1. The van der Waals surface area contributed by atoms with Gasteiger partial charge in [0.2, 0.25) is 0 Å². The molecule has 0 radical (unpaired) electrons. The van der Waals surface area contributed by atoms with E-state index in [9.17, 15) is 4.79 Å². The molecule has 0 atom stereocenters. The van der Waals surface area contributed by atoms with Gasteiger partial charge in [-0.1, -0.05) is 18.2 Å². The first-order chi connectivity index (χ1) is 11.2. The normalized spacial score (nSPS) is 10.2. The van der Waals surface area contributed by atoms with E-state index < -0.39 is 0 Å². The summed E-state index contributed by atoms with van der Waals surface area (Å²) in [7, 11) is 0. The first-order valence-electron chi connectivity index (χ1n) is 7.51. The van der Waals surface area contributed by atoms with Crippen molar-refractivity contribution in [3.8, 4) is 11.5 Å². The van der Waals surface area contributed by atoms with Gasteiger partial charge in [-0.15, -0.1) is 0 Å². The molecule has 5 heteroatoms. The highest BCUT2D eigenvalue weighted by Crippen LogP contribution is 2.16. The fourth-order valence-corrected chi connectivity index (χ4v) is 2.00. The standard InChI is InChI=1S/C18H21NO4/c1-14-4-2-3-5-17(14)23-13-12-22-16-8-6-15(7-9-16)18(21)19-10-11-20/h2-9,20H,10-13H2,1H3,(H,19,21). The zero-order valence-electron chi connectivity index (χ0n) is 13.1. The SMILES string of the molecule is Cc1ccccc1OCCOc1ccc(C(=O)NCCO)cc1. The molecule has 0 aliphatic rings. The Morgan fingerprint density at radius 2 is 1.74 bits per heavy atom. The molecule has 2 aromatic rings. The summed E-state index contributed by atoms with van der Waals surface area (Å²) in [5.74, 6) is 1.32. The van der Waals surface area contributed by atoms with E-state index in [1.165, 1.54) is 0 Å². The number of nitrogens with one attached hydrogen (secondary N) is 1. The van der Waals surface area contributed by atoms with Crippen LogP contribution < -0.4 is 14.8 Å². The van der Waals surface area contributed by atoms with E-state index in [2.05, 4.69) is 5.32 Å². The Balaban J connectivity index is 1.76. The molecule has 2 N–H and O–H groups in total. The topological polar surface area (TPSA) is 67.8 Å². The summed E-state index contributed by atoms with van der Waals surface area (Å²) >= 11 is 0. The Morgan fingerprint density at radius 3 is 2.43 bits per heavy atom. The van der Waals surface area contributed by atoms with E-state index in [4.69, 9.17) is 14.6 Å². The Morgan fingerprint density at radius 1 is 1.04 bits per heavy atom. The van der Waals surface area contributed by atoms with Crippen molar-refractivity contribution in [1.82, 2.24) is 5.32 Å². The lowest BCUT2D eigenvalue weighted by Crippen LogP contribution is -2.26. The van der Waals surface area contributed by atoms with Gasteiger partial charge in [0.05, 0.1) is 6.61 Å². The quantitative estimate of drug-likeness (QED) is 0.733. The van der Waals surface area contributed by atoms with Crippen molar-refractivity contribution in [3.63, 3.8) is 0 Å². The molecular formula is C18H21NO4. The molecule has 122 valence electrons. The van der Waals surface area contributed by atoms with Crippen LogP contribution in [0.1, 0.15) is 15.9 Å². The number of carbonyl (C=O) groups excluding carboxylic acids is 1. The summed E-state index contributed by atoms with van der Waals surface area (Å²) in [4.78, 5) is 11.7. The van der Waals surface area contributed by atoms with E-state index in [1.54, 1.807) is 24.3 Å². The number of aliphatic hydroxyl groups is 1. The minimum absolute atomic E-state index is 0.0756. The monoisotopic (exact) mass is 315 g/mol. The van der Waals surface area contributed by atoms with Gasteiger partial charge in [0.1, 0.15) is 24.7 Å². The molecule has 0 spiro atoms. The minimum Gasteiger partial charge on any atom is -0.490 e. The molecule has 1 amide bonds. The smallest absolute Gasteiger partial charge is 0.251 e. The van der Waals surface area contributed by atoms with Crippen LogP contribution >= 0.6 is 0 Å². The maximum absolute atomic E-state index is 11.7. The average Bonchev–Trinajstić information content (AvgIpc) is 2.58. The summed E-state index contributed by atoms with van der Waals surface area (Å²) in [6, 6.07) is 14.7. The molecule has 0 saturated heterocycles. The third-order valence-electron chi connectivity index (χ3n) is 3.22. The molecule has 0 bridgehead atoms. The summed E-state index contributed by atoms with van der Waals surface area (Å²) in [6.07, 6.45) is 0. The molecule has 0 heterocycles. The number of ether oxygens (including phenoxy) is 2. The lowest BCUT2D eigenvalue weighted by molar-refractivity contribution is 0.0944. The van der Waals surface area contributed by atoms with E-state index in [0.29, 0.717) is 24.5 Å². The van der Waals surface area contributed by atoms with Crippen molar-refractivity contribution in [2.75, 3.05) is 26.4 Å². The van der Waals surface area contributed by atoms with E-state index in [0.717, 1.165) is 11.3 Å². The first kappa shape index (κ1) is 16.8. The van der Waals surface area contributed by atoms with Crippen LogP contribution in [0.25, 0.3) is 0 Å². The number of hydrogen-bond donors (Lipinski definition) is 2. The van der Waals surface area contributed by atoms with Gasteiger partial charge >= 0.3 is 0 Å². The molecule has 5 nitrogen and oxygen atoms in total. The van der Waals surface area contributed by atoms with Crippen LogP contribution in [0.15, 0.2) is 48.5 Å². The van der Waals surface area contributed by atoms with Crippen LogP contribution in [0.5, 0.6) is 11.5 Å². The zero-order valence-corrected chi connectivity index (χ0v) is 13.1. The Labute approximate surface area is 135 Å². The number of carbonyl (C=O) groups is 1. The highest BCUT2D eigenvalue weighted by atomic mass is 16.5. The summed E-state index contributed by atoms with van der Waals surface area (Å²) in [5.41, 5.74) is 1.62. The molecule has 0 saturated carbocycles. The Kier molecular flexibility index (Phi) is 6.44. The number of amides is 1. The highest BCUT2D eigenvalue weighted by molar-refractivity contribution is 5.94. The predicted octanol–water partition coefficient (Wildman–Crippen LogP) is 2.17. The number of benzene rings is 2. The van der Waals surface area contributed by atoms with Crippen molar-refractivity contribution in [2.24, 2.45) is 0 Å². The van der Waals surface area contributed by atoms with Crippen LogP contribution in [-0.2, 0) is 0 Å². The Hall–Kier alpha value is -2.53. The number of rotatable bonds is 8. The van der Waals surface area contributed by atoms with E-state index in [-0.39, 0.29) is 19.1 Å². The van der Waals surface area contributed by atoms with E-state index in [1.807, 2.05) is 31.2 Å². The molecule has 23 heavy (non-hydrogen) atoms. The molecule has 2 aromatic carbocycles. The van der Waals surface area contributed by atoms with Crippen LogP contribution in [0.2, 0.25) is 0 Å². The van der Waals surface area contributed by atoms with Crippen molar-refractivity contribution < 1.29 is 19.4 Å². The molecule has 0 aliphatic carbocycles. The first-order valence-corrected chi connectivity index (χ1v) is 7.51. The predicted molar refractivity (Wildman–Crippen MR) is 88.0 cm³/mol. The summed E-state index contributed by atoms with van der Waals surface area (Å²) < 4.78 is 11.2. The van der Waals surface area contributed by atoms with Crippen molar-refractivity contribution in [3.05, 3.63) is 59.7 Å². The van der Waals surface area contributed by atoms with Crippen molar-refractivity contribution in [2.45, 2.75) is 6.92 Å².